The summed E-state index contributed by atoms with van der Waals surface area (Å²) in [5.41, 5.74) is 1.68. The van der Waals surface area contributed by atoms with E-state index < -0.39 is 0 Å². The van der Waals surface area contributed by atoms with E-state index in [-0.39, 0.29) is 5.91 Å². The van der Waals surface area contributed by atoms with Crippen molar-refractivity contribution >= 4 is 17.8 Å². The fraction of sp³-hybridized carbons (Fsp3) is 0.188. The molecule has 0 aliphatic rings. The number of anilines is 1. The van der Waals surface area contributed by atoms with E-state index >= 15 is 0 Å². The highest BCUT2D eigenvalue weighted by Gasteiger charge is 2.05. The Kier molecular flexibility index (Phi) is 4.60. The summed E-state index contributed by atoms with van der Waals surface area (Å²) in [6.45, 7) is 4.25. The molecule has 0 radical (unpaired) electrons. The van der Waals surface area contributed by atoms with E-state index in [2.05, 4.69) is 41.3 Å². The molecule has 0 aliphatic heterocycles. The van der Waals surface area contributed by atoms with Crippen LogP contribution in [0.2, 0.25) is 0 Å². The van der Waals surface area contributed by atoms with Crippen LogP contribution in [0.4, 0.5) is 5.82 Å². The maximum Gasteiger partial charge on any atom is 0.256 e. The Hall–Kier alpha value is -2.49. The zero-order valence-electron chi connectivity index (χ0n) is 11.6. The largest absolute Gasteiger partial charge is 0.306 e. The number of allylic oxidation sites excluding steroid dienone is 1. The second kappa shape index (κ2) is 6.61. The van der Waals surface area contributed by atoms with Crippen LogP contribution in [0.25, 0.3) is 6.08 Å². The van der Waals surface area contributed by atoms with Crippen molar-refractivity contribution in [3.63, 3.8) is 0 Å². The van der Waals surface area contributed by atoms with Crippen molar-refractivity contribution in [1.82, 2.24) is 9.97 Å². The first kappa shape index (κ1) is 13.9. The van der Waals surface area contributed by atoms with Crippen molar-refractivity contribution in [3.05, 3.63) is 60.1 Å². The van der Waals surface area contributed by atoms with Gasteiger partial charge in [-0.2, -0.15) is 0 Å². The van der Waals surface area contributed by atoms with Gasteiger partial charge in [0.1, 0.15) is 12.1 Å². The monoisotopic (exact) mass is 267 g/mol. The minimum Gasteiger partial charge on any atom is -0.306 e. The smallest absolute Gasteiger partial charge is 0.256 e. The van der Waals surface area contributed by atoms with Gasteiger partial charge < -0.3 is 5.32 Å². The van der Waals surface area contributed by atoms with Gasteiger partial charge in [-0.25, -0.2) is 9.97 Å². The quantitative estimate of drug-likeness (QED) is 0.923. The van der Waals surface area contributed by atoms with Gasteiger partial charge in [-0.15, -0.1) is 0 Å². The van der Waals surface area contributed by atoms with E-state index in [1.165, 1.54) is 6.33 Å². The van der Waals surface area contributed by atoms with Crippen molar-refractivity contribution in [1.29, 1.82) is 0 Å². The Morgan fingerprint density at radius 2 is 1.95 bits per heavy atom. The van der Waals surface area contributed by atoms with E-state index in [4.69, 9.17) is 0 Å². The van der Waals surface area contributed by atoms with Crippen LogP contribution >= 0.6 is 0 Å². The van der Waals surface area contributed by atoms with Gasteiger partial charge in [0.05, 0.1) is 0 Å². The minimum atomic E-state index is -0.178. The maximum atomic E-state index is 12.0. The number of rotatable bonds is 4. The molecule has 1 aromatic carbocycles. The lowest BCUT2D eigenvalue weighted by atomic mass is 10.1. The number of carbonyl (C=O) groups is 1. The summed E-state index contributed by atoms with van der Waals surface area (Å²) in [6.07, 6.45) is 7.16. The minimum absolute atomic E-state index is 0.178. The summed E-state index contributed by atoms with van der Waals surface area (Å²) in [5.74, 6) is 0.826. The molecule has 1 amide bonds. The third-order valence-electron chi connectivity index (χ3n) is 2.67. The Balaban J connectivity index is 2.04. The number of hydrogen-bond donors (Lipinski definition) is 1. The van der Waals surface area contributed by atoms with Crippen molar-refractivity contribution in [2.75, 3.05) is 5.32 Å². The van der Waals surface area contributed by atoms with E-state index in [1.54, 1.807) is 24.4 Å². The van der Waals surface area contributed by atoms with Crippen molar-refractivity contribution in [2.24, 2.45) is 5.92 Å². The highest BCUT2D eigenvalue weighted by Crippen LogP contribution is 2.10. The van der Waals surface area contributed by atoms with E-state index in [1.807, 2.05) is 12.1 Å². The second-order valence-electron chi connectivity index (χ2n) is 4.77. The van der Waals surface area contributed by atoms with E-state index in [9.17, 15) is 4.79 Å². The highest BCUT2D eigenvalue weighted by atomic mass is 16.1. The Morgan fingerprint density at radius 3 is 2.55 bits per heavy atom. The zero-order valence-corrected chi connectivity index (χ0v) is 11.6. The Labute approximate surface area is 118 Å². The average Bonchev–Trinajstić information content (AvgIpc) is 2.46. The molecule has 0 atom stereocenters. The first-order valence-electron chi connectivity index (χ1n) is 6.51. The number of aromatic nitrogens is 2. The fourth-order valence-corrected chi connectivity index (χ4v) is 1.60. The molecule has 1 N–H and O–H groups in total. The summed E-state index contributed by atoms with van der Waals surface area (Å²) >= 11 is 0. The van der Waals surface area contributed by atoms with Gasteiger partial charge in [-0.05, 0) is 29.7 Å². The molecule has 102 valence electrons. The predicted molar refractivity (Wildman–Crippen MR) is 80.3 cm³/mol. The lowest BCUT2D eigenvalue weighted by molar-refractivity contribution is 0.102. The molecule has 1 heterocycles. The highest BCUT2D eigenvalue weighted by molar-refractivity contribution is 6.03. The molecule has 1 aromatic heterocycles. The number of nitrogens with zero attached hydrogens (tertiary/aromatic N) is 2. The summed E-state index contributed by atoms with van der Waals surface area (Å²) in [6, 6.07) is 9.10. The Morgan fingerprint density at radius 1 is 1.20 bits per heavy atom. The zero-order chi connectivity index (χ0) is 14.4. The van der Waals surface area contributed by atoms with Gasteiger partial charge >= 0.3 is 0 Å². The van der Waals surface area contributed by atoms with Gasteiger partial charge in [-0.1, -0.05) is 38.1 Å². The number of hydrogen-bond acceptors (Lipinski definition) is 3. The van der Waals surface area contributed by atoms with Crippen LogP contribution in [0.3, 0.4) is 0 Å². The van der Waals surface area contributed by atoms with Crippen molar-refractivity contribution in [2.45, 2.75) is 13.8 Å². The number of amides is 1. The lowest BCUT2D eigenvalue weighted by Gasteiger charge is -2.04. The third-order valence-corrected chi connectivity index (χ3v) is 2.67. The molecule has 4 nitrogen and oxygen atoms in total. The molecular weight excluding hydrogens is 250 g/mol. The molecule has 2 rings (SSSR count). The molecule has 4 heteroatoms. The summed E-state index contributed by atoms with van der Waals surface area (Å²) in [7, 11) is 0. The van der Waals surface area contributed by atoms with Crippen LogP contribution in [0, 0.1) is 5.92 Å². The van der Waals surface area contributed by atoms with Crippen molar-refractivity contribution < 1.29 is 4.79 Å². The molecule has 0 fully saturated rings. The predicted octanol–water partition coefficient (Wildman–Crippen LogP) is 3.40. The summed E-state index contributed by atoms with van der Waals surface area (Å²) < 4.78 is 0. The van der Waals surface area contributed by atoms with Crippen molar-refractivity contribution in [3.8, 4) is 0 Å². The van der Waals surface area contributed by atoms with E-state index in [0.29, 0.717) is 17.3 Å². The fourth-order valence-electron chi connectivity index (χ4n) is 1.60. The SMILES string of the molecule is CC(C)C=Cc1ccc(C(=O)Nc2ccncn2)cc1. The molecule has 0 aliphatic carbocycles. The maximum absolute atomic E-state index is 12.0. The van der Waals surface area contributed by atoms with Crippen LogP contribution in [0.5, 0.6) is 0 Å². The summed E-state index contributed by atoms with van der Waals surface area (Å²) in [5, 5.41) is 2.72. The molecule has 2 aromatic rings. The molecule has 0 unspecified atom stereocenters. The van der Waals surface area contributed by atoms with Gasteiger partial charge in [-0.3, -0.25) is 4.79 Å². The Bertz CT molecular complexity index is 589. The third kappa shape index (κ3) is 4.02. The first-order chi connectivity index (χ1) is 9.65. The van der Waals surface area contributed by atoms with Crippen LogP contribution < -0.4 is 5.32 Å². The molecular formula is C16H17N3O. The molecule has 20 heavy (non-hydrogen) atoms. The number of nitrogens with one attached hydrogen (secondary N) is 1. The standard InChI is InChI=1S/C16H17N3O/c1-12(2)3-4-13-5-7-14(8-6-13)16(20)19-15-9-10-17-11-18-15/h3-12H,1-2H3,(H,17,18,19,20). The van der Waals surface area contributed by atoms with Gasteiger partial charge in [0.2, 0.25) is 0 Å². The van der Waals surface area contributed by atoms with Crippen LogP contribution in [0.1, 0.15) is 29.8 Å². The number of carbonyl (C=O) groups excluding carboxylic acids is 1. The second-order valence-corrected chi connectivity index (χ2v) is 4.77. The van der Waals surface area contributed by atoms with Crippen LogP contribution in [-0.2, 0) is 0 Å². The van der Waals surface area contributed by atoms with Crippen LogP contribution in [-0.4, -0.2) is 15.9 Å². The topological polar surface area (TPSA) is 54.9 Å². The van der Waals surface area contributed by atoms with Gasteiger partial charge in [0.25, 0.3) is 5.91 Å². The average molecular weight is 267 g/mol. The molecule has 0 bridgehead atoms. The lowest BCUT2D eigenvalue weighted by Crippen LogP contribution is -2.12. The first-order valence-corrected chi connectivity index (χ1v) is 6.51. The molecule has 0 spiro atoms. The van der Waals surface area contributed by atoms with Gasteiger partial charge in [0, 0.05) is 11.8 Å². The van der Waals surface area contributed by atoms with E-state index in [0.717, 1.165) is 5.56 Å². The molecule has 0 saturated carbocycles. The van der Waals surface area contributed by atoms with Crippen LogP contribution in [0.15, 0.2) is 48.9 Å². The van der Waals surface area contributed by atoms with Gasteiger partial charge in [0.15, 0.2) is 0 Å². The normalized spacial score (nSPS) is 10.9. The number of benzene rings is 1. The summed E-state index contributed by atoms with van der Waals surface area (Å²) in [4.78, 5) is 19.8. The molecule has 0 saturated heterocycles.